The highest BCUT2D eigenvalue weighted by atomic mass is 35.5. The van der Waals surface area contributed by atoms with Crippen LogP contribution in [0.5, 0.6) is 11.5 Å². The van der Waals surface area contributed by atoms with E-state index in [0.717, 1.165) is 11.1 Å². The third kappa shape index (κ3) is 6.42. The molecule has 3 aromatic carbocycles. The van der Waals surface area contributed by atoms with Gasteiger partial charge in [-0.3, -0.25) is 4.79 Å². The molecule has 0 unspecified atom stereocenters. The van der Waals surface area contributed by atoms with Gasteiger partial charge < -0.3 is 9.47 Å². The van der Waals surface area contributed by atoms with E-state index >= 15 is 0 Å². The van der Waals surface area contributed by atoms with Crippen LogP contribution in [-0.2, 0) is 4.79 Å². The first-order valence-electron chi connectivity index (χ1n) is 9.51. The molecule has 0 aliphatic rings. The Morgan fingerprint density at radius 2 is 1.77 bits per heavy atom. The molecule has 0 radical (unpaired) electrons. The second-order valence-electron chi connectivity index (χ2n) is 6.79. The predicted octanol–water partition coefficient (Wildman–Crippen LogP) is 4.71. The molecule has 0 aliphatic carbocycles. The summed E-state index contributed by atoms with van der Waals surface area (Å²) in [7, 11) is 0. The lowest BCUT2D eigenvalue weighted by molar-refractivity contribution is -0.123. The fraction of sp³-hybridized carbons (Fsp3) is 0.125. The normalized spacial score (nSPS) is 10.7. The van der Waals surface area contributed by atoms with Crippen LogP contribution in [0.1, 0.15) is 27.0 Å². The van der Waals surface area contributed by atoms with Crippen molar-refractivity contribution in [3.05, 3.63) is 94.0 Å². The molecule has 0 saturated heterocycles. The van der Waals surface area contributed by atoms with Gasteiger partial charge in [0.25, 0.3) is 5.91 Å². The summed E-state index contributed by atoms with van der Waals surface area (Å²) >= 11 is 6.00. The highest BCUT2D eigenvalue weighted by molar-refractivity contribution is 6.33. The zero-order valence-corrected chi connectivity index (χ0v) is 17.8. The van der Waals surface area contributed by atoms with E-state index < -0.39 is 5.97 Å². The number of esters is 1. The first-order valence-corrected chi connectivity index (χ1v) is 9.89. The molecule has 0 heterocycles. The minimum absolute atomic E-state index is 0.141. The standard InChI is InChI=1S/C24H21ClN2O4/c1-16-7-12-22(17(2)13-16)30-15-23(28)27-26-14-18-8-10-19(11-9-18)31-24(29)20-5-3-4-6-21(20)25/h3-14H,15H2,1-2H3,(H,27,28)/b26-14-. The van der Waals surface area contributed by atoms with Crippen LogP contribution in [0.25, 0.3) is 0 Å². The Morgan fingerprint density at radius 1 is 1.03 bits per heavy atom. The summed E-state index contributed by atoms with van der Waals surface area (Å²) in [5, 5.41) is 4.24. The lowest BCUT2D eigenvalue weighted by Crippen LogP contribution is -2.24. The molecule has 0 aliphatic heterocycles. The van der Waals surface area contributed by atoms with Crippen LogP contribution < -0.4 is 14.9 Å². The fourth-order valence-electron chi connectivity index (χ4n) is 2.73. The fourth-order valence-corrected chi connectivity index (χ4v) is 2.94. The number of carbonyl (C=O) groups excluding carboxylic acids is 2. The minimum atomic E-state index is -0.539. The number of amides is 1. The van der Waals surface area contributed by atoms with Crippen molar-refractivity contribution in [2.45, 2.75) is 13.8 Å². The number of hydrazone groups is 1. The maximum Gasteiger partial charge on any atom is 0.345 e. The van der Waals surface area contributed by atoms with E-state index in [1.54, 1.807) is 48.5 Å². The Balaban J connectivity index is 1.48. The van der Waals surface area contributed by atoms with Crippen molar-refractivity contribution in [1.29, 1.82) is 0 Å². The molecule has 0 saturated carbocycles. The number of nitrogens with one attached hydrogen (secondary N) is 1. The van der Waals surface area contributed by atoms with E-state index in [4.69, 9.17) is 21.1 Å². The van der Waals surface area contributed by atoms with Gasteiger partial charge in [-0.25, -0.2) is 10.2 Å². The molecule has 158 valence electrons. The number of hydrogen-bond acceptors (Lipinski definition) is 5. The summed E-state index contributed by atoms with van der Waals surface area (Å²) in [5.41, 5.74) is 5.51. The zero-order valence-electron chi connectivity index (χ0n) is 17.1. The molecule has 31 heavy (non-hydrogen) atoms. The van der Waals surface area contributed by atoms with Gasteiger partial charge in [0.05, 0.1) is 16.8 Å². The van der Waals surface area contributed by atoms with Crippen molar-refractivity contribution in [2.24, 2.45) is 5.10 Å². The van der Waals surface area contributed by atoms with E-state index in [1.807, 2.05) is 32.0 Å². The molecule has 0 atom stereocenters. The number of halogens is 1. The molecule has 6 nitrogen and oxygen atoms in total. The molecule has 0 fully saturated rings. The Labute approximate surface area is 185 Å². The third-order valence-electron chi connectivity index (χ3n) is 4.28. The number of hydrogen-bond donors (Lipinski definition) is 1. The largest absolute Gasteiger partial charge is 0.483 e. The number of aryl methyl sites for hydroxylation is 2. The summed E-state index contributed by atoms with van der Waals surface area (Å²) < 4.78 is 10.8. The Morgan fingerprint density at radius 3 is 2.48 bits per heavy atom. The lowest BCUT2D eigenvalue weighted by atomic mass is 10.1. The van der Waals surface area contributed by atoms with Crippen LogP contribution in [0.4, 0.5) is 0 Å². The van der Waals surface area contributed by atoms with E-state index in [0.29, 0.717) is 27.6 Å². The summed E-state index contributed by atoms with van der Waals surface area (Å²) in [6, 6.07) is 19.1. The molecule has 0 spiro atoms. The summed E-state index contributed by atoms with van der Waals surface area (Å²) in [6.45, 7) is 3.78. The quantitative estimate of drug-likeness (QED) is 0.252. The Kier molecular flexibility index (Phi) is 7.40. The van der Waals surface area contributed by atoms with Crippen LogP contribution >= 0.6 is 11.6 Å². The van der Waals surface area contributed by atoms with Crippen molar-refractivity contribution >= 4 is 29.7 Å². The third-order valence-corrected chi connectivity index (χ3v) is 4.61. The Hall–Kier alpha value is -3.64. The van der Waals surface area contributed by atoms with E-state index in [2.05, 4.69) is 10.5 Å². The SMILES string of the molecule is Cc1ccc(OCC(=O)N/N=C\c2ccc(OC(=O)c3ccccc3Cl)cc2)c(C)c1. The maximum absolute atomic E-state index is 12.2. The molecule has 7 heteroatoms. The predicted molar refractivity (Wildman–Crippen MR) is 120 cm³/mol. The van der Waals surface area contributed by atoms with Gasteiger partial charge in [-0.15, -0.1) is 0 Å². The number of ether oxygens (including phenoxy) is 2. The molecular formula is C24H21ClN2O4. The molecule has 1 N–H and O–H groups in total. The first kappa shape index (κ1) is 22.1. The Bertz CT molecular complexity index is 1110. The zero-order chi connectivity index (χ0) is 22.2. The van der Waals surface area contributed by atoms with Crippen LogP contribution in [0.2, 0.25) is 5.02 Å². The highest BCUT2D eigenvalue weighted by Crippen LogP contribution is 2.19. The van der Waals surface area contributed by atoms with E-state index in [9.17, 15) is 9.59 Å². The average molecular weight is 437 g/mol. The highest BCUT2D eigenvalue weighted by Gasteiger charge is 2.12. The van der Waals surface area contributed by atoms with Gasteiger partial charge in [-0.1, -0.05) is 41.4 Å². The van der Waals surface area contributed by atoms with Gasteiger partial charge in [0.15, 0.2) is 6.61 Å². The number of rotatable bonds is 7. The van der Waals surface area contributed by atoms with Gasteiger partial charge in [0, 0.05) is 0 Å². The van der Waals surface area contributed by atoms with Crippen LogP contribution in [0.3, 0.4) is 0 Å². The topological polar surface area (TPSA) is 77.0 Å². The van der Waals surface area contributed by atoms with Crippen molar-refractivity contribution in [3.63, 3.8) is 0 Å². The minimum Gasteiger partial charge on any atom is -0.483 e. The summed E-state index contributed by atoms with van der Waals surface area (Å²) in [5.74, 6) is 0.115. The summed E-state index contributed by atoms with van der Waals surface area (Å²) in [6.07, 6.45) is 1.48. The molecular weight excluding hydrogens is 416 g/mol. The van der Waals surface area contributed by atoms with E-state index in [1.165, 1.54) is 6.21 Å². The maximum atomic E-state index is 12.2. The van der Waals surface area contributed by atoms with Crippen molar-refractivity contribution in [2.75, 3.05) is 6.61 Å². The second-order valence-corrected chi connectivity index (χ2v) is 7.20. The van der Waals surface area contributed by atoms with Crippen molar-refractivity contribution in [1.82, 2.24) is 5.43 Å². The number of nitrogens with zero attached hydrogens (tertiary/aromatic N) is 1. The monoisotopic (exact) mass is 436 g/mol. The average Bonchev–Trinajstić information content (AvgIpc) is 2.74. The molecule has 0 bridgehead atoms. The van der Waals surface area contributed by atoms with Gasteiger partial charge in [-0.05, 0) is 67.4 Å². The van der Waals surface area contributed by atoms with Crippen molar-refractivity contribution < 1.29 is 19.1 Å². The first-order chi connectivity index (χ1) is 14.9. The molecule has 0 aromatic heterocycles. The molecule has 3 aromatic rings. The van der Waals surface area contributed by atoms with Gasteiger partial charge in [-0.2, -0.15) is 5.10 Å². The number of carbonyl (C=O) groups is 2. The lowest BCUT2D eigenvalue weighted by Gasteiger charge is -2.08. The molecule has 1 amide bonds. The second kappa shape index (κ2) is 10.4. The van der Waals surface area contributed by atoms with Gasteiger partial charge >= 0.3 is 5.97 Å². The van der Waals surface area contributed by atoms with E-state index in [-0.39, 0.29) is 12.5 Å². The van der Waals surface area contributed by atoms with Crippen LogP contribution in [-0.4, -0.2) is 24.7 Å². The van der Waals surface area contributed by atoms with Gasteiger partial charge in [0.2, 0.25) is 0 Å². The van der Waals surface area contributed by atoms with Crippen LogP contribution in [0.15, 0.2) is 71.8 Å². The van der Waals surface area contributed by atoms with Crippen molar-refractivity contribution in [3.8, 4) is 11.5 Å². The summed E-state index contributed by atoms with van der Waals surface area (Å²) in [4.78, 5) is 24.1. The smallest absolute Gasteiger partial charge is 0.345 e. The molecule has 3 rings (SSSR count). The van der Waals surface area contributed by atoms with Gasteiger partial charge in [0.1, 0.15) is 11.5 Å². The number of benzene rings is 3. The van der Waals surface area contributed by atoms with Crippen LogP contribution in [0, 0.1) is 13.8 Å².